The monoisotopic (exact) mass is 296 g/mol. The van der Waals surface area contributed by atoms with Gasteiger partial charge in [-0.05, 0) is 67.2 Å². The Labute approximate surface area is 124 Å². The molecule has 104 valence electrons. The van der Waals surface area contributed by atoms with E-state index in [0.717, 1.165) is 11.8 Å². The van der Waals surface area contributed by atoms with Gasteiger partial charge in [-0.25, -0.2) is 0 Å². The van der Waals surface area contributed by atoms with Crippen molar-refractivity contribution in [1.82, 2.24) is 0 Å². The van der Waals surface area contributed by atoms with Crippen molar-refractivity contribution in [3.63, 3.8) is 0 Å². The van der Waals surface area contributed by atoms with E-state index in [1.165, 1.54) is 37.0 Å². The first-order valence-corrected chi connectivity index (χ1v) is 7.97. The zero-order valence-electron chi connectivity index (χ0n) is 11.0. The summed E-state index contributed by atoms with van der Waals surface area (Å²) in [4.78, 5) is 1.36. The van der Waals surface area contributed by atoms with Crippen LogP contribution in [0.4, 0.5) is 0 Å². The van der Waals surface area contributed by atoms with E-state index in [9.17, 15) is 0 Å². The highest BCUT2D eigenvalue weighted by molar-refractivity contribution is 7.10. The summed E-state index contributed by atoms with van der Waals surface area (Å²) >= 11 is 1.81. The molecule has 0 unspecified atom stereocenters. The molecular formula is C15H21ClN2S. The lowest BCUT2D eigenvalue weighted by molar-refractivity contribution is -0.0285. The summed E-state index contributed by atoms with van der Waals surface area (Å²) < 4.78 is 0. The summed E-state index contributed by atoms with van der Waals surface area (Å²) in [5.74, 6) is 3.59. The van der Waals surface area contributed by atoms with Crippen LogP contribution < -0.4 is 5.73 Å². The minimum absolute atomic E-state index is 0. The molecule has 4 aliphatic rings. The van der Waals surface area contributed by atoms with Gasteiger partial charge in [-0.1, -0.05) is 6.07 Å². The average Bonchev–Trinajstić information content (AvgIpc) is 2.81. The fourth-order valence-electron chi connectivity index (χ4n) is 5.42. The quantitative estimate of drug-likeness (QED) is 0.633. The van der Waals surface area contributed by atoms with Crippen LogP contribution >= 0.6 is 23.7 Å². The van der Waals surface area contributed by atoms with Crippen LogP contribution in [0, 0.1) is 29.1 Å². The lowest BCUT2D eigenvalue weighted by Gasteiger charge is -2.60. The molecule has 3 N–H and O–H groups in total. The SMILES string of the molecule is Cl.N=C(N)C1(c2cccs2)C2CC3CC(C2)CC1C3. The molecule has 0 atom stereocenters. The fraction of sp³-hybridized carbons (Fsp3) is 0.667. The lowest BCUT2D eigenvalue weighted by atomic mass is 9.44. The summed E-state index contributed by atoms with van der Waals surface area (Å²) in [5, 5.41) is 10.4. The van der Waals surface area contributed by atoms with Gasteiger partial charge in [0.15, 0.2) is 0 Å². The fourth-order valence-corrected chi connectivity index (χ4v) is 6.52. The van der Waals surface area contributed by atoms with Crippen molar-refractivity contribution in [2.24, 2.45) is 29.4 Å². The van der Waals surface area contributed by atoms with Crippen LogP contribution in [-0.4, -0.2) is 5.84 Å². The van der Waals surface area contributed by atoms with E-state index in [4.69, 9.17) is 11.1 Å². The van der Waals surface area contributed by atoms with Gasteiger partial charge in [-0.2, -0.15) is 0 Å². The molecule has 0 spiro atoms. The molecular weight excluding hydrogens is 276 g/mol. The molecule has 5 rings (SSSR count). The first-order valence-electron chi connectivity index (χ1n) is 7.09. The molecule has 1 aromatic rings. The summed E-state index contributed by atoms with van der Waals surface area (Å²) in [6.45, 7) is 0. The molecule has 4 aliphatic carbocycles. The van der Waals surface area contributed by atoms with Crippen LogP contribution in [0.25, 0.3) is 0 Å². The second-order valence-electron chi connectivity index (χ2n) is 6.56. The molecule has 4 saturated carbocycles. The van der Waals surface area contributed by atoms with Gasteiger partial charge >= 0.3 is 0 Å². The predicted molar refractivity (Wildman–Crippen MR) is 82.2 cm³/mol. The minimum atomic E-state index is -0.0956. The maximum Gasteiger partial charge on any atom is 0.103 e. The predicted octanol–water partition coefficient (Wildman–Crippen LogP) is 3.80. The van der Waals surface area contributed by atoms with E-state index in [1.807, 2.05) is 11.3 Å². The van der Waals surface area contributed by atoms with Crippen molar-refractivity contribution in [3.05, 3.63) is 22.4 Å². The minimum Gasteiger partial charge on any atom is -0.387 e. The number of nitrogens with one attached hydrogen (secondary N) is 1. The first-order chi connectivity index (χ1) is 8.71. The lowest BCUT2D eigenvalue weighted by Crippen LogP contribution is -2.61. The molecule has 1 aromatic heterocycles. The van der Waals surface area contributed by atoms with Gasteiger partial charge in [0.2, 0.25) is 0 Å². The molecule has 4 heteroatoms. The molecule has 1 heterocycles. The van der Waals surface area contributed by atoms with Crippen molar-refractivity contribution in [2.75, 3.05) is 0 Å². The highest BCUT2D eigenvalue weighted by Gasteiger charge is 2.60. The van der Waals surface area contributed by atoms with Crippen LogP contribution in [0.5, 0.6) is 0 Å². The van der Waals surface area contributed by atoms with Gasteiger partial charge in [-0.3, -0.25) is 5.41 Å². The van der Waals surface area contributed by atoms with Crippen LogP contribution in [0.1, 0.15) is 37.0 Å². The van der Waals surface area contributed by atoms with Crippen LogP contribution in [0.2, 0.25) is 0 Å². The molecule has 0 amide bonds. The standard InChI is InChI=1S/C15H20N2S.ClH/c16-14(17)15(13-2-1-3-18-13)11-5-9-4-10(7-11)8-12(15)6-9;/h1-3,9-12H,4-8H2,(H3,16,17);1H. The Kier molecular flexibility index (Phi) is 3.18. The van der Waals surface area contributed by atoms with Crippen LogP contribution in [-0.2, 0) is 5.41 Å². The molecule has 4 fully saturated rings. The maximum atomic E-state index is 8.28. The van der Waals surface area contributed by atoms with Crippen molar-refractivity contribution in [1.29, 1.82) is 5.41 Å². The van der Waals surface area contributed by atoms with E-state index in [0.29, 0.717) is 17.7 Å². The Bertz CT molecular complexity index is 454. The number of hydrogen-bond donors (Lipinski definition) is 2. The van der Waals surface area contributed by atoms with Crippen LogP contribution in [0.3, 0.4) is 0 Å². The Morgan fingerprint density at radius 1 is 1.16 bits per heavy atom. The Hall–Kier alpha value is -0.540. The number of amidine groups is 1. The zero-order valence-corrected chi connectivity index (χ0v) is 12.6. The second kappa shape index (κ2) is 4.49. The van der Waals surface area contributed by atoms with Crippen molar-refractivity contribution >= 4 is 29.6 Å². The Balaban J connectivity index is 0.00000110. The number of thiophene rings is 1. The van der Waals surface area contributed by atoms with E-state index < -0.39 is 0 Å². The van der Waals surface area contributed by atoms with Crippen molar-refractivity contribution < 1.29 is 0 Å². The van der Waals surface area contributed by atoms with E-state index in [1.54, 1.807) is 0 Å². The Morgan fingerprint density at radius 2 is 1.74 bits per heavy atom. The number of nitrogens with two attached hydrogens (primary N) is 1. The molecule has 4 bridgehead atoms. The van der Waals surface area contributed by atoms with Gasteiger partial charge in [-0.15, -0.1) is 23.7 Å². The number of rotatable bonds is 2. The second-order valence-corrected chi connectivity index (χ2v) is 7.51. The first kappa shape index (κ1) is 13.4. The topological polar surface area (TPSA) is 49.9 Å². The van der Waals surface area contributed by atoms with Crippen molar-refractivity contribution in [2.45, 2.75) is 37.5 Å². The van der Waals surface area contributed by atoms with E-state index >= 15 is 0 Å². The molecule has 2 nitrogen and oxygen atoms in total. The zero-order chi connectivity index (χ0) is 12.3. The Morgan fingerprint density at radius 3 is 2.16 bits per heavy atom. The smallest absolute Gasteiger partial charge is 0.103 e. The average molecular weight is 297 g/mol. The molecule has 0 radical (unpaired) electrons. The van der Waals surface area contributed by atoms with Gasteiger partial charge in [0.05, 0.1) is 5.41 Å². The maximum absolute atomic E-state index is 8.28. The molecule has 19 heavy (non-hydrogen) atoms. The van der Waals surface area contributed by atoms with Gasteiger partial charge in [0.1, 0.15) is 5.84 Å². The van der Waals surface area contributed by atoms with E-state index in [-0.39, 0.29) is 17.8 Å². The third kappa shape index (κ3) is 1.64. The normalized spacial score (nSPS) is 42.9. The van der Waals surface area contributed by atoms with Gasteiger partial charge in [0, 0.05) is 4.88 Å². The van der Waals surface area contributed by atoms with Crippen molar-refractivity contribution in [3.8, 4) is 0 Å². The largest absolute Gasteiger partial charge is 0.387 e. The summed E-state index contributed by atoms with van der Waals surface area (Å²) in [7, 11) is 0. The highest BCUT2D eigenvalue weighted by atomic mass is 35.5. The van der Waals surface area contributed by atoms with Gasteiger partial charge < -0.3 is 5.73 Å². The summed E-state index contributed by atoms with van der Waals surface area (Å²) in [6.07, 6.45) is 6.69. The molecule has 0 aromatic carbocycles. The number of halogens is 1. The van der Waals surface area contributed by atoms with Gasteiger partial charge in [0.25, 0.3) is 0 Å². The number of hydrogen-bond acceptors (Lipinski definition) is 2. The van der Waals surface area contributed by atoms with Crippen LogP contribution in [0.15, 0.2) is 17.5 Å². The molecule has 0 aliphatic heterocycles. The summed E-state index contributed by atoms with van der Waals surface area (Å²) in [5.41, 5.74) is 6.04. The summed E-state index contributed by atoms with van der Waals surface area (Å²) in [6, 6.07) is 4.34. The molecule has 0 saturated heterocycles. The van der Waals surface area contributed by atoms with E-state index in [2.05, 4.69) is 17.5 Å². The highest BCUT2D eigenvalue weighted by Crippen LogP contribution is 2.63. The third-order valence-electron chi connectivity index (χ3n) is 5.80. The third-order valence-corrected chi connectivity index (χ3v) is 6.82.